The number of rotatable bonds is 4. The summed E-state index contributed by atoms with van der Waals surface area (Å²) in [5.41, 5.74) is 1.39. The molecule has 1 aliphatic rings. The van der Waals surface area contributed by atoms with E-state index in [0.29, 0.717) is 24.6 Å². The van der Waals surface area contributed by atoms with Crippen molar-refractivity contribution in [2.45, 2.75) is 25.4 Å². The molecule has 0 saturated carbocycles. The third-order valence-electron chi connectivity index (χ3n) is 3.89. The minimum Gasteiger partial charge on any atom is -0.395 e. The highest BCUT2D eigenvalue weighted by molar-refractivity contribution is 5.37. The fourth-order valence-corrected chi connectivity index (χ4v) is 2.59. The molecule has 2 rings (SSSR count). The maximum Gasteiger partial charge on any atom is 0.128 e. The number of hydrogen-bond donors (Lipinski definition) is 1. The molecule has 1 aromatic carbocycles. The quantitative estimate of drug-likeness (QED) is 0.855. The van der Waals surface area contributed by atoms with Gasteiger partial charge in [-0.2, -0.15) is 0 Å². The Hall–Kier alpha value is -1.41. The van der Waals surface area contributed by atoms with Crippen molar-refractivity contribution in [3.63, 3.8) is 0 Å². The highest BCUT2D eigenvalue weighted by atomic mass is 19.1. The lowest BCUT2D eigenvalue weighted by molar-refractivity contribution is 0.263. The molecule has 1 fully saturated rings. The van der Waals surface area contributed by atoms with Crippen LogP contribution in [0.2, 0.25) is 0 Å². The monoisotopic (exact) mass is 290 g/mol. The Labute approximate surface area is 126 Å². The molecule has 4 heteroatoms. The number of hydrogen-bond acceptors (Lipinski definition) is 3. The number of aliphatic hydroxyl groups excluding tert-OH is 1. The van der Waals surface area contributed by atoms with Crippen LogP contribution in [-0.2, 0) is 6.54 Å². The number of aliphatic hydroxyl groups is 1. The first-order chi connectivity index (χ1) is 10.1. The molecule has 0 bridgehead atoms. The summed E-state index contributed by atoms with van der Waals surface area (Å²) < 4.78 is 14.1. The van der Waals surface area contributed by atoms with Gasteiger partial charge in [0.15, 0.2) is 0 Å². The molecule has 1 heterocycles. The Balaban J connectivity index is 1.97. The topological polar surface area (TPSA) is 26.7 Å². The Kier molecular flexibility index (Phi) is 5.75. The van der Waals surface area contributed by atoms with Gasteiger partial charge in [-0.3, -0.25) is 4.90 Å². The van der Waals surface area contributed by atoms with Crippen molar-refractivity contribution in [2.75, 3.05) is 33.8 Å². The first-order valence-electron chi connectivity index (χ1n) is 7.37. The molecule has 1 atom stereocenters. The average molecular weight is 290 g/mol. The van der Waals surface area contributed by atoms with Crippen LogP contribution in [-0.4, -0.2) is 54.7 Å². The van der Waals surface area contributed by atoms with Gasteiger partial charge in [0.2, 0.25) is 0 Å². The maximum absolute atomic E-state index is 14.1. The predicted molar refractivity (Wildman–Crippen MR) is 82.3 cm³/mol. The zero-order chi connectivity index (χ0) is 15.2. The van der Waals surface area contributed by atoms with Gasteiger partial charge in [-0.15, -0.1) is 0 Å². The molecule has 21 heavy (non-hydrogen) atoms. The molecule has 0 spiro atoms. The van der Waals surface area contributed by atoms with E-state index in [1.807, 2.05) is 12.1 Å². The molecule has 1 unspecified atom stereocenters. The lowest BCUT2D eigenvalue weighted by Gasteiger charge is -2.20. The summed E-state index contributed by atoms with van der Waals surface area (Å²) in [5, 5.41) is 8.68. The van der Waals surface area contributed by atoms with Crippen LogP contribution >= 0.6 is 0 Å². The van der Waals surface area contributed by atoms with Gasteiger partial charge in [0.1, 0.15) is 5.82 Å². The van der Waals surface area contributed by atoms with E-state index >= 15 is 0 Å². The van der Waals surface area contributed by atoms with E-state index in [9.17, 15) is 4.39 Å². The number of benzene rings is 1. The molecule has 0 aromatic heterocycles. The molecule has 114 valence electrons. The Morgan fingerprint density at radius 1 is 1.43 bits per heavy atom. The van der Waals surface area contributed by atoms with Crippen LogP contribution in [0.5, 0.6) is 0 Å². The predicted octanol–water partition coefficient (Wildman–Crippen LogP) is 1.70. The minimum atomic E-state index is -0.195. The van der Waals surface area contributed by atoms with Gasteiger partial charge in [0.25, 0.3) is 0 Å². The van der Waals surface area contributed by atoms with Gasteiger partial charge in [0.05, 0.1) is 6.61 Å². The molecular weight excluding hydrogens is 267 g/mol. The van der Waals surface area contributed by atoms with Gasteiger partial charge in [-0.25, -0.2) is 4.39 Å². The van der Waals surface area contributed by atoms with Crippen molar-refractivity contribution in [1.82, 2.24) is 9.80 Å². The fourth-order valence-electron chi connectivity index (χ4n) is 2.59. The molecule has 1 N–H and O–H groups in total. The van der Waals surface area contributed by atoms with Crippen LogP contribution in [0.4, 0.5) is 4.39 Å². The second-order valence-electron chi connectivity index (χ2n) is 5.72. The summed E-state index contributed by atoms with van der Waals surface area (Å²) in [6.07, 6.45) is 1.56. The van der Waals surface area contributed by atoms with Crippen molar-refractivity contribution in [3.05, 3.63) is 35.1 Å². The van der Waals surface area contributed by atoms with Crippen molar-refractivity contribution in [3.8, 4) is 11.8 Å². The Bertz CT molecular complexity index is 533. The van der Waals surface area contributed by atoms with E-state index in [0.717, 1.165) is 25.1 Å². The molecule has 0 aliphatic carbocycles. The zero-order valence-electron chi connectivity index (χ0n) is 12.8. The first kappa shape index (κ1) is 16.0. The first-order valence-corrected chi connectivity index (χ1v) is 7.37. The van der Waals surface area contributed by atoms with Gasteiger partial charge < -0.3 is 10.0 Å². The Morgan fingerprint density at radius 2 is 2.24 bits per heavy atom. The molecule has 0 amide bonds. The van der Waals surface area contributed by atoms with E-state index in [1.54, 1.807) is 0 Å². The molecule has 3 nitrogen and oxygen atoms in total. The minimum absolute atomic E-state index is 0.0373. The van der Waals surface area contributed by atoms with Crippen LogP contribution < -0.4 is 0 Å². The summed E-state index contributed by atoms with van der Waals surface area (Å²) in [7, 11) is 4.18. The number of likely N-dealkylation sites (N-methyl/N-ethyl adjacent to an activating group) is 1. The molecule has 1 aliphatic heterocycles. The fraction of sp³-hybridized carbons (Fsp3) is 0.529. The lowest BCUT2D eigenvalue weighted by atomic mass is 10.1. The molecule has 1 saturated heterocycles. The van der Waals surface area contributed by atoms with Crippen molar-refractivity contribution in [1.29, 1.82) is 0 Å². The van der Waals surface area contributed by atoms with Crippen LogP contribution in [0.3, 0.4) is 0 Å². The number of halogens is 1. The van der Waals surface area contributed by atoms with Crippen molar-refractivity contribution >= 4 is 0 Å². The van der Waals surface area contributed by atoms with Crippen LogP contribution in [0.15, 0.2) is 18.2 Å². The smallest absolute Gasteiger partial charge is 0.128 e. The summed E-state index contributed by atoms with van der Waals surface area (Å²) in [5.74, 6) is 5.47. The molecule has 0 radical (unpaired) electrons. The van der Waals surface area contributed by atoms with Crippen LogP contribution in [0.1, 0.15) is 24.0 Å². The third kappa shape index (κ3) is 4.53. The van der Waals surface area contributed by atoms with Crippen molar-refractivity contribution < 1.29 is 9.50 Å². The van der Waals surface area contributed by atoms with Crippen LogP contribution in [0, 0.1) is 17.7 Å². The van der Waals surface area contributed by atoms with Gasteiger partial charge in [0, 0.05) is 43.2 Å². The Morgan fingerprint density at radius 3 is 2.86 bits per heavy atom. The number of likely N-dealkylation sites (tertiary alicyclic amines) is 1. The summed E-state index contributed by atoms with van der Waals surface area (Å²) in [6, 6.07) is 5.72. The second-order valence-corrected chi connectivity index (χ2v) is 5.72. The number of nitrogens with zero attached hydrogens (tertiary/aromatic N) is 2. The van der Waals surface area contributed by atoms with E-state index in [4.69, 9.17) is 5.11 Å². The van der Waals surface area contributed by atoms with Gasteiger partial charge in [-0.1, -0.05) is 17.9 Å². The van der Waals surface area contributed by atoms with E-state index in [2.05, 4.69) is 35.7 Å². The highest BCUT2D eigenvalue weighted by Gasteiger charge is 2.24. The van der Waals surface area contributed by atoms with E-state index < -0.39 is 0 Å². The summed E-state index contributed by atoms with van der Waals surface area (Å²) >= 11 is 0. The largest absolute Gasteiger partial charge is 0.395 e. The maximum atomic E-state index is 14.1. The summed E-state index contributed by atoms with van der Waals surface area (Å²) in [4.78, 5) is 4.52. The van der Waals surface area contributed by atoms with Crippen LogP contribution in [0.25, 0.3) is 0 Å². The second kappa shape index (κ2) is 7.56. The SMILES string of the molecule is CN(C)C1CCN(Cc2ccc(C#CCCO)cc2F)C1. The van der Waals surface area contributed by atoms with E-state index in [-0.39, 0.29) is 12.4 Å². The summed E-state index contributed by atoms with van der Waals surface area (Å²) in [6.45, 7) is 2.70. The third-order valence-corrected chi connectivity index (χ3v) is 3.89. The molecule has 1 aromatic rings. The van der Waals surface area contributed by atoms with Gasteiger partial charge in [-0.05, 0) is 32.6 Å². The zero-order valence-corrected chi connectivity index (χ0v) is 12.8. The normalized spacial score (nSPS) is 18.8. The van der Waals surface area contributed by atoms with E-state index in [1.165, 1.54) is 6.07 Å². The average Bonchev–Trinajstić information content (AvgIpc) is 2.91. The van der Waals surface area contributed by atoms with Gasteiger partial charge >= 0.3 is 0 Å². The standard InChI is InChI=1S/C17H23FN2O/c1-19(2)16-8-9-20(13-16)12-15-7-6-14(11-17(15)18)5-3-4-10-21/h6-7,11,16,21H,4,8-10,12-13H2,1-2H3. The van der Waals surface area contributed by atoms with Crippen molar-refractivity contribution in [2.24, 2.45) is 0 Å². The lowest BCUT2D eigenvalue weighted by Crippen LogP contribution is -2.31. The highest BCUT2D eigenvalue weighted by Crippen LogP contribution is 2.18. The molecular formula is C17H23FN2O.